The van der Waals surface area contributed by atoms with Gasteiger partial charge in [0.25, 0.3) is 0 Å². The summed E-state index contributed by atoms with van der Waals surface area (Å²) in [6.07, 6.45) is 0. The predicted octanol–water partition coefficient (Wildman–Crippen LogP) is 0.855. The summed E-state index contributed by atoms with van der Waals surface area (Å²) < 4.78 is 4.98. The third kappa shape index (κ3) is 3.63. The summed E-state index contributed by atoms with van der Waals surface area (Å²) in [6, 6.07) is 3.45. The highest BCUT2D eigenvalue weighted by atomic mass is 16.5. The second kappa shape index (κ2) is 4.35. The Morgan fingerprint density at radius 1 is 1.53 bits per heavy atom. The number of nitrogens with one attached hydrogen (secondary N) is 1. The summed E-state index contributed by atoms with van der Waals surface area (Å²) in [7, 11) is 1.51. The van der Waals surface area contributed by atoms with E-state index in [0.29, 0.717) is 23.9 Å². The quantitative estimate of drug-likeness (QED) is 0.688. The molecule has 0 atom stereocenters. The largest absolute Gasteiger partial charge is 0.479 e. The highest BCUT2D eigenvalue weighted by Gasteiger charge is 2.12. The molecule has 0 aliphatic carbocycles. The lowest BCUT2D eigenvalue weighted by Crippen LogP contribution is -2.29. The first kappa shape index (κ1) is 11.6. The number of nitrogens with zero attached hydrogens (tertiary/aromatic N) is 1. The molecule has 1 aromatic rings. The van der Waals surface area contributed by atoms with E-state index in [1.54, 1.807) is 26.0 Å². The Hall–Kier alpha value is -1.49. The molecule has 0 aliphatic heterocycles. The van der Waals surface area contributed by atoms with Crippen LogP contribution in [0.3, 0.4) is 0 Å². The number of ether oxygens (including phenoxy) is 1. The number of anilines is 2. The Bertz CT molecular complexity index is 334. The van der Waals surface area contributed by atoms with Gasteiger partial charge < -0.3 is 20.9 Å². The van der Waals surface area contributed by atoms with Crippen molar-refractivity contribution < 1.29 is 9.84 Å². The van der Waals surface area contributed by atoms with Gasteiger partial charge >= 0.3 is 0 Å². The minimum Gasteiger partial charge on any atom is -0.479 e. The highest BCUT2D eigenvalue weighted by Crippen LogP contribution is 2.20. The summed E-state index contributed by atoms with van der Waals surface area (Å²) in [5.74, 6) is 1.01. The molecule has 0 bridgehead atoms. The van der Waals surface area contributed by atoms with Crippen molar-refractivity contribution in [3.05, 3.63) is 12.1 Å². The maximum Gasteiger partial charge on any atom is 0.238 e. The zero-order valence-corrected chi connectivity index (χ0v) is 9.24. The molecule has 0 saturated heterocycles. The van der Waals surface area contributed by atoms with E-state index in [-0.39, 0.29) is 0 Å². The number of pyridine rings is 1. The number of rotatable bonds is 4. The molecule has 0 aliphatic rings. The van der Waals surface area contributed by atoms with Gasteiger partial charge in [0.1, 0.15) is 5.82 Å². The van der Waals surface area contributed by atoms with Gasteiger partial charge in [0.15, 0.2) is 0 Å². The molecular weight excluding hydrogens is 194 g/mol. The molecule has 4 N–H and O–H groups in total. The number of nitrogen functional groups attached to an aromatic ring is 1. The summed E-state index contributed by atoms with van der Waals surface area (Å²) in [4.78, 5) is 4.12. The Morgan fingerprint density at radius 2 is 2.20 bits per heavy atom. The molecular formula is C10H17N3O2. The first-order valence-electron chi connectivity index (χ1n) is 4.69. The van der Waals surface area contributed by atoms with Crippen molar-refractivity contribution in [2.45, 2.75) is 19.4 Å². The van der Waals surface area contributed by atoms with E-state index in [1.165, 1.54) is 7.11 Å². The Labute approximate surface area is 89.3 Å². The maximum atomic E-state index is 9.51. The second-order valence-electron chi connectivity index (χ2n) is 3.96. The van der Waals surface area contributed by atoms with E-state index in [4.69, 9.17) is 10.5 Å². The molecule has 0 saturated carbocycles. The van der Waals surface area contributed by atoms with Crippen LogP contribution in [0.1, 0.15) is 13.8 Å². The van der Waals surface area contributed by atoms with E-state index in [0.717, 1.165) is 0 Å². The van der Waals surface area contributed by atoms with Gasteiger partial charge in [-0.1, -0.05) is 0 Å². The predicted molar refractivity (Wildman–Crippen MR) is 60.0 cm³/mol. The summed E-state index contributed by atoms with van der Waals surface area (Å²) in [5, 5.41) is 12.5. The summed E-state index contributed by atoms with van der Waals surface area (Å²) >= 11 is 0. The highest BCUT2D eigenvalue weighted by molar-refractivity contribution is 5.53. The smallest absolute Gasteiger partial charge is 0.238 e. The van der Waals surface area contributed by atoms with E-state index in [1.807, 2.05) is 0 Å². The van der Waals surface area contributed by atoms with Crippen molar-refractivity contribution >= 4 is 11.5 Å². The number of methoxy groups -OCH3 is 1. The van der Waals surface area contributed by atoms with Gasteiger partial charge in [0.2, 0.25) is 5.88 Å². The normalized spacial score (nSPS) is 11.2. The zero-order valence-electron chi connectivity index (χ0n) is 9.24. The SMILES string of the molecule is COc1nc(NCC(C)(C)O)ccc1N. The lowest BCUT2D eigenvalue weighted by Gasteiger charge is -2.18. The molecule has 0 aromatic carbocycles. The minimum atomic E-state index is -0.781. The fraction of sp³-hybridized carbons (Fsp3) is 0.500. The monoisotopic (exact) mass is 211 g/mol. The van der Waals surface area contributed by atoms with Crippen LogP contribution in [0.4, 0.5) is 11.5 Å². The van der Waals surface area contributed by atoms with Gasteiger partial charge in [0, 0.05) is 6.54 Å². The molecule has 0 amide bonds. The molecule has 1 aromatic heterocycles. The van der Waals surface area contributed by atoms with Crippen LogP contribution < -0.4 is 15.8 Å². The van der Waals surface area contributed by atoms with Crippen molar-refractivity contribution in [3.8, 4) is 5.88 Å². The molecule has 84 valence electrons. The van der Waals surface area contributed by atoms with E-state index in [9.17, 15) is 5.11 Å². The Morgan fingerprint density at radius 3 is 2.73 bits per heavy atom. The van der Waals surface area contributed by atoms with Crippen LogP contribution in [0.2, 0.25) is 0 Å². The van der Waals surface area contributed by atoms with Gasteiger partial charge in [-0.2, -0.15) is 4.98 Å². The van der Waals surface area contributed by atoms with Crippen molar-refractivity contribution in [1.29, 1.82) is 0 Å². The Kier molecular flexibility index (Phi) is 3.36. The first-order valence-corrected chi connectivity index (χ1v) is 4.69. The average molecular weight is 211 g/mol. The van der Waals surface area contributed by atoms with Crippen molar-refractivity contribution in [2.75, 3.05) is 24.7 Å². The zero-order chi connectivity index (χ0) is 11.5. The van der Waals surface area contributed by atoms with Gasteiger partial charge in [-0.05, 0) is 26.0 Å². The summed E-state index contributed by atoms with van der Waals surface area (Å²) in [5.41, 5.74) is 5.33. The molecule has 0 spiro atoms. The van der Waals surface area contributed by atoms with E-state index in [2.05, 4.69) is 10.3 Å². The van der Waals surface area contributed by atoms with Gasteiger partial charge in [-0.15, -0.1) is 0 Å². The van der Waals surface area contributed by atoms with Gasteiger partial charge in [0.05, 0.1) is 18.4 Å². The van der Waals surface area contributed by atoms with Crippen LogP contribution in [0.5, 0.6) is 5.88 Å². The lowest BCUT2D eigenvalue weighted by molar-refractivity contribution is 0.0944. The molecule has 5 nitrogen and oxygen atoms in total. The molecule has 5 heteroatoms. The second-order valence-corrected chi connectivity index (χ2v) is 3.96. The molecule has 0 fully saturated rings. The standard InChI is InChI=1S/C10H17N3O2/c1-10(2,14)6-12-8-5-4-7(11)9(13-8)15-3/h4-5,14H,6,11H2,1-3H3,(H,12,13). The van der Waals surface area contributed by atoms with E-state index >= 15 is 0 Å². The maximum absolute atomic E-state index is 9.51. The molecule has 0 unspecified atom stereocenters. The van der Waals surface area contributed by atoms with Crippen LogP contribution in [0, 0.1) is 0 Å². The number of hydrogen-bond donors (Lipinski definition) is 3. The van der Waals surface area contributed by atoms with Crippen LogP contribution in [-0.2, 0) is 0 Å². The number of hydrogen-bond acceptors (Lipinski definition) is 5. The van der Waals surface area contributed by atoms with Crippen LogP contribution >= 0.6 is 0 Å². The van der Waals surface area contributed by atoms with Crippen molar-refractivity contribution in [1.82, 2.24) is 4.98 Å². The van der Waals surface area contributed by atoms with Crippen LogP contribution in [0.15, 0.2) is 12.1 Å². The number of nitrogens with two attached hydrogens (primary N) is 1. The van der Waals surface area contributed by atoms with Crippen molar-refractivity contribution in [2.24, 2.45) is 0 Å². The van der Waals surface area contributed by atoms with Crippen LogP contribution in [-0.4, -0.2) is 29.3 Å². The molecule has 1 heterocycles. The lowest BCUT2D eigenvalue weighted by atomic mass is 10.1. The summed E-state index contributed by atoms with van der Waals surface area (Å²) in [6.45, 7) is 3.84. The average Bonchev–Trinajstić information content (AvgIpc) is 2.15. The number of aromatic nitrogens is 1. The minimum absolute atomic E-state index is 0.385. The molecule has 1 rings (SSSR count). The van der Waals surface area contributed by atoms with Crippen LogP contribution in [0.25, 0.3) is 0 Å². The van der Waals surface area contributed by atoms with Crippen molar-refractivity contribution in [3.63, 3.8) is 0 Å². The van der Waals surface area contributed by atoms with E-state index < -0.39 is 5.60 Å². The van der Waals surface area contributed by atoms with Gasteiger partial charge in [-0.3, -0.25) is 0 Å². The number of aliphatic hydroxyl groups is 1. The van der Waals surface area contributed by atoms with Gasteiger partial charge in [-0.25, -0.2) is 0 Å². The Balaban J connectivity index is 2.70. The third-order valence-corrected chi connectivity index (χ3v) is 1.79. The fourth-order valence-corrected chi connectivity index (χ4v) is 1.02. The first-order chi connectivity index (χ1) is 6.92. The molecule has 15 heavy (non-hydrogen) atoms. The fourth-order valence-electron chi connectivity index (χ4n) is 1.02. The molecule has 0 radical (unpaired) electrons. The topological polar surface area (TPSA) is 80.4 Å². The third-order valence-electron chi connectivity index (χ3n) is 1.79.